The van der Waals surface area contributed by atoms with Gasteiger partial charge >= 0.3 is 0 Å². The highest BCUT2D eigenvalue weighted by Gasteiger charge is 2.23. The number of benzene rings is 1. The predicted octanol–water partition coefficient (Wildman–Crippen LogP) is 1.85. The van der Waals surface area contributed by atoms with Crippen LogP contribution < -0.4 is 10.6 Å². The van der Waals surface area contributed by atoms with Gasteiger partial charge in [-0.25, -0.2) is 8.42 Å². The molecule has 1 fully saturated rings. The van der Waals surface area contributed by atoms with E-state index in [0.717, 1.165) is 24.1 Å². The van der Waals surface area contributed by atoms with Crippen LogP contribution in [-0.4, -0.2) is 39.1 Å². The maximum Gasteiger partial charge on any atom is 0.153 e. The number of nitrogens with two attached hydrogens (primary N) is 1. The van der Waals surface area contributed by atoms with E-state index in [1.807, 2.05) is 23.1 Å². The molecule has 0 bridgehead atoms. The van der Waals surface area contributed by atoms with Crippen molar-refractivity contribution in [3.63, 3.8) is 0 Å². The molecule has 1 aromatic carbocycles. The largest absolute Gasteiger partial charge is 0.368 e. The first-order valence-electron chi connectivity index (χ1n) is 6.90. The molecule has 1 saturated heterocycles. The van der Waals surface area contributed by atoms with Crippen molar-refractivity contribution < 1.29 is 8.42 Å². The van der Waals surface area contributed by atoms with Gasteiger partial charge in [-0.05, 0) is 30.5 Å². The Balaban J connectivity index is 2.10. The molecule has 4 nitrogen and oxygen atoms in total. The predicted molar refractivity (Wildman–Crippen MR) is 84.3 cm³/mol. The Labute approximate surface area is 125 Å². The lowest BCUT2D eigenvalue weighted by molar-refractivity contribution is 0.587. The number of rotatable bonds is 4. The molecule has 0 radical (unpaired) electrons. The maximum atomic E-state index is 11.4. The molecule has 6 heteroatoms. The van der Waals surface area contributed by atoms with Crippen LogP contribution in [-0.2, 0) is 16.3 Å². The van der Waals surface area contributed by atoms with Crippen LogP contribution >= 0.6 is 11.6 Å². The Morgan fingerprint density at radius 2 is 2.00 bits per heavy atom. The molecule has 1 heterocycles. The number of nitrogens with zero attached hydrogens (tertiary/aromatic N) is 1. The Kier molecular flexibility index (Phi) is 4.94. The van der Waals surface area contributed by atoms with Gasteiger partial charge in [0, 0.05) is 19.1 Å². The van der Waals surface area contributed by atoms with Gasteiger partial charge in [-0.1, -0.05) is 24.6 Å². The molecule has 0 amide bonds. The van der Waals surface area contributed by atoms with Crippen molar-refractivity contribution >= 4 is 27.1 Å². The van der Waals surface area contributed by atoms with Crippen molar-refractivity contribution in [1.82, 2.24) is 0 Å². The van der Waals surface area contributed by atoms with E-state index in [9.17, 15) is 8.42 Å². The quantitative estimate of drug-likeness (QED) is 0.921. The molecular formula is C14H21ClN2O2S. The second-order valence-electron chi connectivity index (χ2n) is 5.30. The summed E-state index contributed by atoms with van der Waals surface area (Å²) in [5, 5.41) is 0.671. The fourth-order valence-corrected chi connectivity index (χ4v) is 3.86. The molecule has 2 rings (SSSR count). The molecule has 2 N–H and O–H groups in total. The Bertz CT molecular complexity index is 561. The van der Waals surface area contributed by atoms with Crippen molar-refractivity contribution in [3.8, 4) is 0 Å². The van der Waals surface area contributed by atoms with E-state index in [2.05, 4.69) is 6.92 Å². The van der Waals surface area contributed by atoms with E-state index in [-0.39, 0.29) is 17.5 Å². The van der Waals surface area contributed by atoms with Crippen molar-refractivity contribution in [2.45, 2.75) is 25.8 Å². The van der Waals surface area contributed by atoms with Gasteiger partial charge in [-0.3, -0.25) is 0 Å². The number of hydrogen-bond donors (Lipinski definition) is 1. The maximum absolute atomic E-state index is 11.4. The van der Waals surface area contributed by atoms with Gasteiger partial charge in [0.15, 0.2) is 9.84 Å². The van der Waals surface area contributed by atoms with Gasteiger partial charge in [0.2, 0.25) is 0 Å². The van der Waals surface area contributed by atoms with E-state index in [1.54, 1.807) is 0 Å². The van der Waals surface area contributed by atoms with Crippen molar-refractivity contribution in [3.05, 3.63) is 28.8 Å². The molecular weight excluding hydrogens is 296 g/mol. The Hall–Kier alpha value is -0.780. The lowest BCUT2D eigenvalue weighted by Crippen LogP contribution is -2.40. The number of sulfone groups is 1. The molecule has 1 atom stereocenters. The highest BCUT2D eigenvalue weighted by molar-refractivity contribution is 7.91. The molecule has 112 valence electrons. The van der Waals surface area contributed by atoms with Crippen LogP contribution in [0.5, 0.6) is 0 Å². The minimum absolute atomic E-state index is 0.150. The van der Waals surface area contributed by atoms with E-state index in [4.69, 9.17) is 17.3 Å². The summed E-state index contributed by atoms with van der Waals surface area (Å²) in [6, 6.07) is 6.09. The molecule has 1 aromatic rings. The Morgan fingerprint density at radius 3 is 2.55 bits per heavy atom. The van der Waals surface area contributed by atoms with Crippen LogP contribution in [0.2, 0.25) is 5.02 Å². The minimum atomic E-state index is -2.87. The molecule has 0 aromatic heterocycles. The summed E-state index contributed by atoms with van der Waals surface area (Å²) < 4.78 is 22.9. The number of hydrogen-bond acceptors (Lipinski definition) is 4. The molecule has 20 heavy (non-hydrogen) atoms. The smallest absolute Gasteiger partial charge is 0.153 e. The molecule has 1 aliphatic heterocycles. The topological polar surface area (TPSA) is 63.4 Å². The first-order chi connectivity index (χ1) is 9.41. The van der Waals surface area contributed by atoms with Crippen LogP contribution in [0, 0.1) is 0 Å². The standard InChI is InChI=1S/C14H21ClN2O2S/c1-2-12(16)9-11-3-4-14(13(15)10-11)17-5-7-20(18,19)8-6-17/h3-4,10,12H,2,5-9,16H2,1H3. The summed E-state index contributed by atoms with van der Waals surface area (Å²) in [7, 11) is -2.87. The summed E-state index contributed by atoms with van der Waals surface area (Å²) in [6.07, 6.45) is 1.74. The summed E-state index contributed by atoms with van der Waals surface area (Å²) in [6.45, 7) is 3.08. The van der Waals surface area contributed by atoms with Crippen LogP contribution in [0.1, 0.15) is 18.9 Å². The highest BCUT2D eigenvalue weighted by atomic mass is 35.5. The zero-order valence-electron chi connectivity index (χ0n) is 11.7. The third-order valence-corrected chi connectivity index (χ3v) is 5.63. The third kappa shape index (κ3) is 3.87. The highest BCUT2D eigenvalue weighted by Crippen LogP contribution is 2.28. The first-order valence-corrected chi connectivity index (χ1v) is 9.10. The zero-order chi connectivity index (χ0) is 14.8. The second kappa shape index (κ2) is 6.33. The fraction of sp³-hybridized carbons (Fsp3) is 0.571. The van der Waals surface area contributed by atoms with Gasteiger partial charge in [0.1, 0.15) is 0 Å². The van der Waals surface area contributed by atoms with Crippen molar-refractivity contribution in [1.29, 1.82) is 0 Å². The molecule has 1 aliphatic rings. The lowest BCUT2D eigenvalue weighted by Gasteiger charge is -2.29. The summed E-state index contributed by atoms with van der Waals surface area (Å²) in [5.41, 5.74) is 7.98. The third-order valence-electron chi connectivity index (χ3n) is 3.72. The van der Waals surface area contributed by atoms with Crippen LogP contribution in [0.15, 0.2) is 18.2 Å². The Morgan fingerprint density at radius 1 is 1.35 bits per heavy atom. The number of anilines is 1. The van der Waals surface area contributed by atoms with E-state index < -0.39 is 9.84 Å². The zero-order valence-corrected chi connectivity index (χ0v) is 13.3. The summed E-state index contributed by atoms with van der Waals surface area (Å²) in [5.74, 6) is 0.400. The van der Waals surface area contributed by atoms with E-state index in [0.29, 0.717) is 18.1 Å². The summed E-state index contributed by atoms with van der Waals surface area (Å²) >= 11 is 6.33. The van der Waals surface area contributed by atoms with Crippen molar-refractivity contribution in [2.24, 2.45) is 5.73 Å². The van der Waals surface area contributed by atoms with Crippen LogP contribution in [0.3, 0.4) is 0 Å². The normalized spacial score (nSPS) is 19.9. The average molecular weight is 317 g/mol. The molecule has 0 saturated carbocycles. The monoisotopic (exact) mass is 316 g/mol. The SMILES string of the molecule is CCC(N)Cc1ccc(N2CCS(=O)(=O)CC2)c(Cl)c1. The molecule has 0 aliphatic carbocycles. The lowest BCUT2D eigenvalue weighted by atomic mass is 10.0. The first kappa shape index (κ1) is 15.6. The van der Waals surface area contributed by atoms with Crippen LogP contribution in [0.4, 0.5) is 5.69 Å². The van der Waals surface area contributed by atoms with Gasteiger partial charge in [0.25, 0.3) is 0 Å². The molecule has 1 unspecified atom stereocenters. The van der Waals surface area contributed by atoms with Crippen LogP contribution in [0.25, 0.3) is 0 Å². The van der Waals surface area contributed by atoms with E-state index in [1.165, 1.54) is 0 Å². The van der Waals surface area contributed by atoms with Gasteiger partial charge in [-0.2, -0.15) is 0 Å². The van der Waals surface area contributed by atoms with Crippen molar-refractivity contribution in [2.75, 3.05) is 29.5 Å². The fourth-order valence-electron chi connectivity index (χ4n) is 2.33. The van der Waals surface area contributed by atoms with Gasteiger partial charge in [-0.15, -0.1) is 0 Å². The second-order valence-corrected chi connectivity index (χ2v) is 8.01. The average Bonchev–Trinajstić information content (AvgIpc) is 2.39. The minimum Gasteiger partial charge on any atom is -0.368 e. The summed E-state index contributed by atoms with van der Waals surface area (Å²) in [4.78, 5) is 2.03. The van der Waals surface area contributed by atoms with E-state index >= 15 is 0 Å². The van der Waals surface area contributed by atoms with Gasteiger partial charge in [0.05, 0.1) is 22.2 Å². The molecule has 0 spiro atoms. The number of halogens is 1. The van der Waals surface area contributed by atoms with Gasteiger partial charge < -0.3 is 10.6 Å².